The van der Waals surface area contributed by atoms with E-state index in [2.05, 4.69) is 24.3 Å². The van der Waals surface area contributed by atoms with Crippen LogP contribution in [0.3, 0.4) is 0 Å². The molecule has 2 heterocycles. The number of nitrogens with zero attached hydrogens (tertiary/aromatic N) is 2. The van der Waals surface area contributed by atoms with Gasteiger partial charge >= 0.3 is 0 Å². The zero-order chi connectivity index (χ0) is 37.8. The van der Waals surface area contributed by atoms with Crippen LogP contribution in [-0.4, -0.2) is 33.8 Å². The molecule has 0 radical (unpaired) electrons. The molecule has 1 aliphatic carbocycles. The second-order valence-electron chi connectivity index (χ2n) is 13.1. The summed E-state index contributed by atoms with van der Waals surface area (Å²) >= 11 is 0. The number of hydrogen-bond acceptors (Lipinski definition) is 8. The van der Waals surface area contributed by atoms with Gasteiger partial charge in [-0.15, -0.1) is 0 Å². The van der Waals surface area contributed by atoms with Crippen LogP contribution in [0.25, 0.3) is 11.1 Å². The van der Waals surface area contributed by atoms with Gasteiger partial charge in [0.25, 0.3) is 23.6 Å². The van der Waals surface area contributed by atoms with Gasteiger partial charge in [-0.05, 0) is 81.9 Å². The van der Waals surface area contributed by atoms with E-state index >= 15 is 0 Å². The van der Waals surface area contributed by atoms with Gasteiger partial charge in [0.15, 0.2) is 0 Å². The lowest BCUT2D eigenvalue weighted by Crippen LogP contribution is -2.29. The van der Waals surface area contributed by atoms with E-state index in [4.69, 9.17) is 9.47 Å². The fourth-order valence-corrected chi connectivity index (χ4v) is 7.63. The fraction of sp³-hybridized carbons (Fsp3) is 0.0222. The molecule has 0 atom stereocenters. The maximum absolute atomic E-state index is 12.1. The molecule has 6 aromatic rings. The molecule has 55 heavy (non-hydrogen) atoms. The maximum Gasteiger partial charge on any atom is 0.258 e. The van der Waals surface area contributed by atoms with Crippen molar-refractivity contribution in [1.82, 2.24) is 0 Å². The van der Waals surface area contributed by atoms with Gasteiger partial charge in [0.1, 0.15) is 34.5 Å². The third-order valence-corrected chi connectivity index (χ3v) is 9.99. The van der Waals surface area contributed by atoms with Gasteiger partial charge in [0.2, 0.25) is 0 Å². The van der Waals surface area contributed by atoms with Gasteiger partial charge in [-0.1, -0.05) is 72.8 Å². The largest absolute Gasteiger partial charge is 0.506 e. The Labute approximate surface area is 314 Å². The summed E-state index contributed by atoms with van der Waals surface area (Å²) in [7, 11) is 0. The molecule has 9 rings (SSSR count). The Morgan fingerprint density at radius 2 is 0.764 bits per heavy atom. The molecule has 0 aromatic heterocycles. The molecule has 10 heteroatoms. The van der Waals surface area contributed by atoms with Crippen molar-refractivity contribution in [2.24, 2.45) is 0 Å². The zero-order valence-electron chi connectivity index (χ0n) is 28.7. The van der Waals surface area contributed by atoms with E-state index in [-0.39, 0.29) is 22.9 Å². The average molecular weight is 725 g/mol. The molecule has 0 bridgehead atoms. The molecule has 0 saturated carbocycles. The molecule has 2 aliphatic heterocycles. The SMILES string of the molecule is O=C1C=CC(=O)N1c1ccc(Oc2ccc(C3(c4ccc(Oc5ccc(N6C(=O)C=CC6=O)c(O)c5)cc4)c4ccccc4-c4ccccc43)cc2)cc1O. The fourth-order valence-electron chi connectivity index (χ4n) is 7.63. The molecule has 0 saturated heterocycles. The van der Waals surface area contributed by atoms with Crippen molar-refractivity contribution in [3.8, 4) is 45.6 Å². The second kappa shape index (κ2) is 12.7. The van der Waals surface area contributed by atoms with E-state index in [1.54, 1.807) is 12.1 Å². The van der Waals surface area contributed by atoms with Crippen LogP contribution in [0.2, 0.25) is 0 Å². The van der Waals surface area contributed by atoms with Gasteiger partial charge in [0, 0.05) is 36.4 Å². The Balaban J connectivity index is 1.04. The molecule has 0 spiro atoms. The van der Waals surface area contributed by atoms with E-state index in [0.717, 1.165) is 67.5 Å². The quantitative estimate of drug-likeness (QED) is 0.151. The Hall–Kier alpha value is -7.72. The number of rotatable bonds is 8. The van der Waals surface area contributed by atoms with Crippen LogP contribution < -0.4 is 19.3 Å². The Kier molecular flexibility index (Phi) is 7.68. The third-order valence-electron chi connectivity index (χ3n) is 9.99. The molecule has 0 fully saturated rings. The minimum atomic E-state index is -0.726. The van der Waals surface area contributed by atoms with Crippen molar-refractivity contribution < 1.29 is 38.9 Å². The van der Waals surface area contributed by atoms with Crippen molar-refractivity contribution in [3.05, 3.63) is 180 Å². The summed E-state index contributed by atoms with van der Waals surface area (Å²) in [6, 6.07) is 40.9. The molecule has 0 unspecified atom stereocenters. The first-order valence-electron chi connectivity index (χ1n) is 17.3. The Morgan fingerprint density at radius 3 is 1.13 bits per heavy atom. The highest BCUT2D eigenvalue weighted by molar-refractivity contribution is 6.29. The van der Waals surface area contributed by atoms with Crippen LogP contribution in [0.15, 0.2) is 158 Å². The van der Waals surface area contributed by atoms with E-state index in [1.807, 2.05) is 72.8 Å². The van der Waals surface area contributed by atoms with Crippen molar-refractivity contribution in [3.63, 3.8) is 0 Å². The lowest BCUT2D eigenvalue weighted by atomic mass is 9.68. The van der Waals surface area contributed by atoms with Crippen molar-refractivity contribution in [2.75, 3.05) is 9.80 Å². The second-order valence-corrected chi connectivity index (χ2v) is 13.1. The van der Waals surface area contributed by atoms with Crippen molar-refractivity contribution >= 4 is 35.0 Å². The minimum absolute atomic E-state index is 0.0707. The highest BCUT2D eigenvalue weighted by atomic mass is 16.5. The number of anilines is 2. The van der Waals surface area contributed by atoms with Crippen LogP contribution in [0.1, 0.15) is 22.3 Å². The van der Waals surface area contributed by atoms with Gasteiger partial charge in [-0.2, -0.15) is 0 Å². The Bertz CT molecular complexity index is 2440. The monoisotopic (exact) mass is 724 g/mol. The normalized spacial score (nSPS) is 15.1. The predicted octanol–water partition coefficient (Wildman–Crippen LogP) is 7.90. The lowest BCUT2D eigenvalue weighted by Gasteiger charge is -2.34. The standard InChI is InChI=1S/C45H28N2O8/c48-39-25-31(17-19-37(39)46-41(50)21-22-42(46)51)54-29-13-9-27(10-14-29)45(35-7-3-1-5-33(35)34-6-2-4-8-36(34)45)28-11-15-30(16-12-28)55-32-18-20-38(40(49)26-32)47-43(52)23-24-44(47)53/h1-26,48-49H. The maximum atomic E-state index is 12.1. The van der Waals surface area contributed by atoms with Crippen molar-refractivity contribution in [2.45, 2.75) is 5.41 Å². The number of phenols is 2. The van der Waals surface area contributed by atoms with Crippen LogP contribution in [0.4, 0.5) is 11.4 Å². The summed E-state index contributed by atoms with van der Waals surface area (Å²) in [5.41, 5.74) is 5.78. The highest BCUT2D eigenvalue weighted by Gasteiger charge is 2.46. The van der Waals surface area contributed by atoms with Crippen LogP contribution in [0, 0.1) is 0 Å². The molecule has 2 N–H and O–H groups in total. The summed E-state index contributed by atoms with van der Waals surface area (Å²) in [5, 5.41) is 21.4. The van der Waals surface area contributed by atoms with Crippen LogP contribution in [0.5, 0.6) is 34.5 Å². The van der Waals surface area contributed by atoms with E-state index in [1.165, 1.54) is 24.3 Å². The molecular weight excluding hydrogens is 697 g/mol. The zero-order valence-corrected chi connectivity index (χ0v) is 28.7. The number of hydrogen-bond donors (Lipinski definition) is 2. The summed E-state index contributed by atoms with van der Waals surface area (Å²) in [6.45, 7) is 0. The highest BCUT2D eigenvalue weighted by Crippen LogP contribution is 2.56. The number of carbonyl (C=O) groups excluding carboxylic acids is 4. The number of ether oxygens (including phenoxy) is 2. The van der Waals surface area contributed by atoms with Crippen LogP contribution >= 0.6 is 0 Å². The number of phenolic OH excluding ortho intramolecular Hbond substituents is 2. The number of amides is 4. The lowest BCUT2D eigenvalue weighted by molar-refractivity contribution is -0.121. The average Bonchev–Trinajstić information content (AvgIpc) is 3.82. The smallest absolute Gasteiger partial charge is 0.258 e. The first-order valence-corrected chi connectivity index (χ1v) is 17.3. The summed E-state index contributed by atoms with van der Waals surface area (Å²) in [6.07, 6.45) is 4.61. The number of fused-ring (bicyclic) bond motifs is 3. The molecular formula is C45H28N2O8. The van der Waals surface area contributed by atoms with E-state index < -0.39 is 29.0 Å². The van der Waals surface area contributed by atoms with Gasteiger partial charge < -0.3 is 19.7 Å². The number of imide groups is 2. The van der Waals surface area contributed by atoms with Gasteiger partial charge in [-0.3, -0.25) is 19.2 Å². The summed E-state index contributed by atoms with van der Waals surface area (Å²) < 4.78 is 12.2. The topological polar surface area (TPSA) is 134 Å². The molecule has 4 amide bonds. The third kappa shape index (κ3) is 5.35. The first-order chi connectivity index (χ1) is 26.7. The van der Waals surface area contributed by atoms with E-state index in [0.29, 0.717) is 23.0 Å². The first kappa shape index (κ1) is 33.1. The number of aromatic hydroxyl groups is 2. The van der Waals surface area contributed by atoms with Gasteiger partial charge in [-0.25, -0.2) is 9.80 Å². The Morgan fingerprint density at radius 1 is 0.418 bits per heavy atom. The molecule has 266 valence electrons. The predicted molar refractivity (Wildman–Crippen MR) is 203 cm³/mol. The number of carbonyl (C=O) groups is 4. The minimum Gasteiger partial charge on any atom is -0.506 e. The van der Waals surface area contributed by atoms with E-state index in [9.17, 15) is 29.4 Å². The summed E-state index contributed by atoms with van der Waals surface area (Å²) in [4.78, 5) is 50.4. The number of benzene rings is 6. The molecule has 6 aromatic carbocycles. The molecule has 10 nitrogen and oxygen atoms in total. The molecule has 3 aliphatic rings. The summed E-state index contributed by atoms with van der Waals surface area (Å²) in [5.74, 6) is -1.01. The van der Waals surface area contributed by atoms with Gasteiger partial charge in [0.05, 0.1) is 16.8 Å². The van der Waals surface area contributed by atoms with Crippen LogP contribution in [-0.2, 0) is 24.6 Å². The van der Waals surface area contributed by atoms with Crippen molar-refractivity contribution in [1.29, 1.82) is 0 Å².